The lowest BCUT2D eigenvalue weighted by molar-refractivity contribution is 0.0387. The van der Waals surface area contributed by atoms with Crippen LogP contribution >= 0.6 is 0 Å². The summed E-state index contributed by atoms with van der Waals surface area (Å²) in [4.78, 5) is 22.2. The van der Waals surface area contributed by atoms with Gasteiger partial charge in [0, 0.05) is 32.7 Å². The number of nitrogens with zero attached hydrogens (tertiary/aromatic N) is 3. The minimum Gasteiger partial charge on any atom is -0.459 e. The van der Waals surface area contributed by atoms with Crippen molar-refractivity contribution in [3.63, 3.8) is 0 Å². The van der Waals surface area contributed by atoms with Gasteiger partial charge in [0.05, 0.1) is 18.5 Å². The lowest BCUT2D eigenvalue weighted by Crippen LogP contribution is -2.37. The van der Waals surface area contributed by atoms with E-state index in [9.17, 15) is 9.18 Å². The molecule has 0 saturated heterocycles. The Morgan fingerprint density at radius 2 is 1.94 bits per heavy atom. The van der Waals surface area contributed by atoms with Gasteiger partial charge in [0.1, 0.15) is 5.82 Å². The number of anilines is 1. The van der Waals surface area contributed by atoms with E-state index in [-0.39, 0.29) is 30.1 Å². The molecule has 31 heavy (non-hydrogen) atoms. The highest BCUT2D eigenvalue weighted by atomic mass is 19.1. The molecule has 1 aliphatic rings. The molecule has 0 N–H and O–H groups in total. The average Bonchev–Trinajstić information content (AvgIpc) is 3.45. The van der Waals surface area contributed by atoms with Crippen molar-refractivity contribution >= 4 is 17.3 Å². The maximum atomic E-state index is 13.6. The predicted molar refractivity (Wildman–Crippen MR) is 117 cm³/mol. The third-order valence-corrected chi connectivity index (χ3v) is 5.16. The van der Waals surface area contributed by atoms with E-state index in [1.807, 2.05) is 43.3 Å². The van der Waals surface area contributed by atoms with Crippen LogP contribution in [-0.4, -0.2) is 43.3 Å². The molecule has 0 saturated carbocycles. The number of carbonyl (C=O) groups excluding carboxylic acids is 1. The number of amides is 1. The Morgan fingerprint density at radius 1 is 1.13 bits per heavy atom. The Bertz CT molecular complexity index is 1060. The molecule has 6 nitrogen and oxygen atoms in total. The highest BCUT2D eigenvalue weighted by molar-refractivity contribution is 6.01. The van der Waals surface area contributed by atoms with Gasteiger partial charge in [-0.2, -0.15) is 0 Å². The number of hydrogen-bond donors (Lipinski definition) is 0. The molecular weight excluding hydrogens is 397 g/mol. The summed E-state index contributed by atoms with van der Waals surface area (Å²) in [6.07, 6.45) is 1.74. The Kier molecular flexibility index (Phi) is 6.02. The van der Waals surface area contributed by atoms with Crippen LogP contribution in [0.2, 0.25) is 0 Å². The molecule has 7 heteroatoms. The van der Waals surface area contributed by atoms with E-state index < -0.39 is 0 Å². The Labute approximate surface area is 180 Å². The summed E-state index contributed by atoms with van der Waals surface area (Å²) in [5.74, 6) is -0.386. The molecule has 0 radical (unpaired) electrons. The van der Waals surface area contributed by atoms with Crippen molar-refractivity contribution in [2.45, 2.75) is 19.1 Å². The van der Waals surface area contributed by atoms with E-state index >= 15 is 0 Å². The summed E-state index contributed by atoms with van der Waals surface area (Å²) in [5, 5.41) is 4.24. The molecular formula is C24H24FN3O3. The van der Waals surface area contributed by atoms with Gasteiger partial charge in [0.15, 0.2) is 11.9 Å². The summed E-state index contributed by atoms with van der Waals surface area (Å²) < 4.78 is 18.9. The lowest BCUT2D eigenvalue weighted by atomic mass is 10.0. The number of rotatable bonds is 7. The molecule has 0 fully saturated rings. The molecule has 1 atom stereocenters. The minimum absolute atomic E-state index is 0.231. The van der Waals surface area contributed by atoms with Gasteiger partial charge < -0.3 is 19.1 Å². The van der Waals surface area contributed by atoms with E-state index in [4.69, 9.17) is 9.25 Å². The number of halogens is 1. The molecule has 0 bridgehead atoms. The van der Waals surface area contributed by atoms with Crippen molar-refractivity contribution in [3.8, 4) is 0 Å². The van der Waals surface area contributed by atoms with Crippen molar-refractivity contribution in [1.29, 1.82) is 0 Å². The number of benzene rings is 2. The smallest absolute Gasteiger partial charge is 0.289 e. The van der Waals surface area contributed by atoms with Crippen LogP contribution in [0.25, 0.3) is 0 Å². The van der Waals surface area contributed by atoms with Crippen LogP contribution in [-0.2, 0) is 11.4 Å². The number of hydrogen-bond acceptors (Lipinski definition) is 5. The first kappa shape index (κ1) is 20.7. The summed E-state index contributed by atoms with van der Waals surface area (Å²) in [7, 11) is 3.98. The first-order valence-corrected chi connectivity index (χ1v) is 10.1. The van der Waals surface area contributed by atoms with Gasteiger partial charge in [-0.3, -0.25) is 4.79 Å². The van der Waals surface area contributed by atoms with Crippen LogP contribution < -0.4 is 4.90 Å². The highest BCUT2D eigenvalue weighted by Crippen LogP contribution is 2.22. The zero-order chi connectivity index (χ0) is 21.8. The summed E-state index contributed by atoms with van der Waals surface area (Å²) in [5.41, 5.74) is 3.62. The first-order chi connectivity index (χ1) is 15.0. The van der Waals surface area contributed by atoms with Crippen LogP contribution in [0.15, 0.2) is 76.5 Å². The molecule has 1 aromatic heterocycles. The van der Waals surface area contributed by atoms with Gasteiger partial charge in [0.2, 0.25) is 0 Å². The van der Waals surface area contributed by atoms with Gasteiger partial charge in [0.25, 0.3) is 5.91 Å². The standard InChI is InChI=1S/C24H24FN3O3/c1-27(2)20-10-8-18(9-11-20)22-14-21(31-26-22)16-28(24(29)23-7-4-12-30-23)15-17-5-3-6-19(25)13-17/h3-13,21H,14-16H2,1-2H3. The molecule has 160 valence electrons. The molecule has 0 aliphatic carbocycles. The Balaban J connectivity index is 1.46. The maximum Gasteiger partial charge on any atom is 0.289 e. The Hall–Kier alpha value is -3.61. The van der Waals surface area contributed by atoms with E-state index in [0.29, 0.717) is 18.5 Å². The van der Waals surface area contributed by atoms with E-state index in [1.165, 1.54) is 18.4 Å². The van der Waals surface area contributed by atoms with E-state index in [1.54, 1.807) is 29.2 Å². The second kappa shape index (κ2) is 9.04. The van der Waals surface area contributed by atoms with Crippen molar-refractivity contribution in [2.24, 2.45) is 5.16 Å². The van der Waals surface area contributed by atoms with Gasteiger partial charge >= 0.3 is 0 Å². The average molecular weight is 421 g/mol. The quantitative estimate of drug-likeness (QED) is 0.570. The molecule has 3 aromatic rings. The molecule has 0 spiro atoms. The zero-order valence-corrected chi connectivity index (χ0v) is 17.5. The van der Waals surface area contributed by atoms with Crippen molar-refractivity contribution in [1.82, 2.24) is 4.90 Å². The fraction of sp³-hybridized carbons (Fsp3) is 0.250. The van der Waals surface area contributed by atoms with Crippen molar-refractivity contribution < 1.29 is 18.4 Å². The van der Waals surface area contributed by atoms with Crippen molar-refractivity contribution in [2.75, 3.05) is 25.5 Å². The van der Waals surface area contributed by atoms with Gasteiger partial charge in [-0.05, 0) is 47.5 Å². The molecule has 1 unspecified atom stereocenters. The minimum atomic E-state index is -0.341. The normalized spacial score (nSPS) is 15.3. The third kappa shape index (κ3) is 4.94. The lowest BCUT2D eigenvalue weighted by Gasteiger charge is -2.24. The largest absolute Gasteiger partial charge is 0.459 e. The molecule has 4 rings (SSSR count). The van der Waals surface area contributed by atoms with Gasteiger partial charge in [-0.25, -0.2) is 4.39 Å². The topological polar surface area (TPSA) is 58.3 Å². The predicted octanol–water partition coefficient (Wildman–Crippen LogP) is 4.32. The third-order valence-electron chi connectivity index (χ3n) is 5.16. The van der Waals surface area contributed by atoms with Crippen LogP contribution in [0.4, 0.5) is 10.1 Å². The van der Waals surface area contributed by atoms with Gasteiger partial charge in [-0.1, -0.05) is 29.4 Å². The van der Waals surface area contributed by atoms with E-state index in [2.05, 4.69) is 5.16 Å². The number of oxime groups is 1. The van der Waals surface area contributed by atoms with Crippen molar-refractivity contribution in [3.05, 3.63) is 89.6 Å². The number of carbonyl (C=O) groups is 1. The van der Waals surface area contributed by atoms with Crippen LogP contribution in [0, 0.1) is 5.82 Å². The molecule has 1 amide bonds. The second-order valence-corrected chi connectivity index (χ2v) is 7.70. The monoisotopic (exact) mass is 421 g/mol. The molecule has 2 aromatic carbocycles. The maximum absolute atomic E-state index is 13.6. The Morgan fingerprint density at radius 3 is 2.61 bits per heavy atom. The van der Waals surface area contributed by atoms with E-state index in [0.717, 1.165) is 17.0 Å². The van der Waals surface area contributed by atoms with Crippen LogP contribution in [0.3, 0.4) is 0 Å². The fourth-order valence-corrected chi connectivity index (χ4v) is 3.53. The molecule has 2 heterocycles. The SMILES string of the molecule is CN(C)c1ccc(C2=NOC(CN(Cc3cccc(F)c3)C(=O)c3ccco3)C2)cc1. The zero-order valence-electron chi connectivity index (χ0n) is 17.5. The first-order valence-electron chi connectivity index (χ1n) is 10.1. The van der Waals surface area contributed by atoms with Crippen LogP contribution in [0.5, 0.6) is 0 Å². The molecule has 1 aliphatic heterocycles. The summed E-state index contributed by atoms with van der Waals surface area (Å²) >= 11 is 0. The van der Waals surface area contributed by atoms with Gasteiger partial charge in [-0.15, -0.1) is 0 Å². The second-order valence-electron chi connectivity index (χ2n) is 7.70. The summed E-state index contributed by atoms with van der Waals surface area (Å²) in [6.45, 7) is 0.544. The fourth-order valence-electron chi connectivity index (χ4n) is 3.53. The summed E-state index contributed by atoms with van der Waals surface area (Å²) in [6, 6.07) is 17.6. The highest BCUT2D eigenvalue weighted by Gasteiger charge is 2.28. The number of furan rings is 1. The van der Waals surface area contributed by atoms with Crippen LogP contribution in [0.1, 0.15) is 28.1 Å².